The second kappa shape index (κ2) is 10.3. The molecule has 1 aliphatic heterocycles. The molecule has 0 unspecified atom stereocenters. The van der Waals surface area contributed by atoms with Crippen LogP contribution in [0.25, 0.3) is 22.4 Å². The summed E-state index contributed by atoms with van der Waals surface area (Å²) in [4.78, 5) is 35.6. The maximum atomic E-state index is 13.0. The van der Waals surface area contributed by atoms with Crippen molar-refractivity contribution in [3.05, 3.63) is 39.8 Å². The Labute approximate surface area is 192 Å². The standard InChI is InChI=1S/C24H31N5O4/c1-4-6-18-21-22(27-28(18)3)24(31)26-23(25-21)17-14-16(7-8-20(17)33-11-5-2)19(30)15-29-9-12-32-13-10-29/h7-8,14H,4-6,9-13,15H2,1-3H3,(H,25,26,31). The lowest BCUT2D eigenvalue weighted by Gasteiger charge is -2.25. The number of Topliss-reactive ketones (excluding diaryl/α,β-unsaturated/α-hetero) is 1. The average Bonchev–Trinajstić information content (AvgIpc) is 3.14. The van der Waals surface area contributed by atoms with E-state index in [1.165, 1.54) is 0 Å². The van der Waals surface area contributed by atoms with Gasteiger partial charge in [-0.15, -0.1) is 0 Å². The van der Waals surface area contributed by atoms with Crippen molar-refractivity contribution in [3.63, 3.8) is 0 Å². The van der Waals surface area contributed by atoms with Crippen molar-refractivity contribution in [1.82, 2.24) is 24.6 Å². The summed E-state index contributed by atoms with van der Waals surface area (Å²) in [5, 5.41) is 4.36. The van der Waals surface area contributed by atoms with Crippen LogP contribution in [0.4, 0.5) is 0 Å². The molecular formula is C24H31N5O4. The minimum atomic E-state index is -0.306. The van der Waals surface area contributed by atoms with Gasteiger partial charge in [0.2, 0.25) is 0 Å². The first-order chi connectivity index (χ1) is 16.0. The minimum Gasteiger partial charge on any atom is -0.493 e. The van der Waals surface area contributed by atoms with Crippen molar-refractivity contribution in [2.24, 2.45) is 7.05 Å². The van der Waals surface area contributed by atoms with E-state index in [0.29, 0.717) is 60.1 Å². The van der Waals surface area contributed by atoms with Gasteiger partial charge in [-0.2, -0.15) is 5.10 Å². The van der Waals surface area contributed by atoms with Crippen LogP contribution in [0, 0.1) is 0 Å². The Morgan fingerprint density at radius 2 is 1.97 bits per heavy atom. The van der Waals surface area contributed by atoms with Crippen LogP contribution in [0.5, 0.6) is 5.75 Å². The molecule has 0 saturated carbocycles. The van der Waals surface area contributed by atoms with Crippen LogP contribution < -0.4 is 10.3 Å². The molecule has 0 bridgehead atoms. The molecule has 2 aromatic heterocycles. The van der Waals surface area contributed by atoms with Crippen molar-refractivity contribution in [3.8, 4) is 17.1 Å². The van der Waals surface area contributed by atoms with Gasteiger partial charge in [0.05, 0.1) is 37.6 Å². The number of ketones is 1. The van der Waals surface area contributed by atoms with Gasteiger partial charge < -0.3 is 14.5 Å². The van der Waals surface area contributed by atoms with Crippen molar-refractivity contribution < 1.29 is 14.3 Å². The third-order valence-electron chi connectivity index (χ3n) is 5.78. The van der Waals surface area contributed by atoms with E-state index in [9.17, 15) is 9.59 Å². The molecule has 0 atom stereocenters. The highest BCUT2D eigenvalue weighted by Gasteiger charge is 2.20. The molecule has 0 radical (unpaired) electrons. The van der Waals surface area contributed by atoms with Crippen molar-refractivity contribution in [2.45, 2.75) is 33.1 Å². The van der Waals surface area contributed by atoms with Gasteiger partial charge in [-0.05, 0) is 31.0 Å². The molecule has 1 saturated heterocycles. The van der Waals surface area contributed by atoms with Gasteiger partial charge in [0.15, 0.2) is 11.3 Å². The molecule has 0 aliphatic carbocycles. The topological polar surface area (TPSA) is 102 Å². The number of carbonyl (C=O) groups excluding carboxylic acids is 1. The van der Waals surface area contributed by atoms with Crippen molar-refractivity contribution in [1.29, 1.82) is 0 Å². The van der Waals surface area contributed by atoms with Gasteiger partial charge >= 0.3 is 0 Å². The highest BCUT2D eigenvalue weighted by Crippen LogP contribution is 2.30. The lowest BCUT2D eigenvalue weighted by atomic mass is 10.0. The first kappa shape index (κ1) is 23.1. The van der Waals surface area contributed by atoms with Gasteiger partial charge in [-0.25, -0.2) is 4.98 Å². The summed E-state index contributed by atoms with van der Waals surface area (Å²) in [6.07, 6.45) is 2.51. The van der Waals surface area contributed by atoms with E-state index >= 15 is 0 Å². The second-order valence-electron chi connectivity index (χ2n) is 8.30. The van der Waals surface area contributed by atoms with Crippen LogP contribution in [0.1, 0.15) is 42.7 Å². The van der Waals surface area contributed by atoms with Gasteiger partial charge in [-0.1, -0.05) is 20.3 Å². The van der Waals surface area contributed by atoms with E-state index in [0.717, 1.165) is 38.0 Å². The maximum Gasteiger partial charge on any atom is 0.279 e. The molecule has 4 rings (SSSR count). The summed E-state index contributed by atoms with van der Waals surface area (Å²) < 4.78 is 13.0. The number of aromatic nitrogens is 4. The Morgan fingerprint density at radius 1 is 1.18 bits per heavy atom. The molecule has 33 heavy (non-hydrogen) atoms. The van der Waals surface area contributed by atoms with E-state index in [-0.39, 0.29) is 11.3 Å². The van der Waals surface area contributed by atoms with Gasteiger partial charge in [0, 0.05) is 25.7 Å². The lowest BCUT2D eigenvalue weighted by molar-refractivity contribution is 0.0371. The van der Waals surface area contributed by atoms with E-state index in [1.54, 1.807) is 22.9 Å². The number of benzene rings is 1. The zero-order chi connectivity index (χ0) is 23.4. The fourth-order valence-corrected chi connectivity index (χ4v) is 4.05. The number of fused-ring (bicyclic) bond motifs is 1. The maximum absolute atomic E-state index is 13.0. The molecule has 0 spiro atoms. The quantitative estimate of drug-likeness (QED) is 0.497. The van der Waals surface area contributed by atoms with E-state index in [2.05, 4.69) is 21.9 Å². The number of hydrogen-bond donors (Lipinski definition) is 1. The molecule has 1 fully saturated rings. The monoisotopic (exact) mass is 453 g/mol. The van der Waals surface area contributed by atoms with Crippen molar-refractivity contribution in [2.75, 3.05) is 39.5 Å². The summed E-state index contributed by atoms with van der Waals surface area (Å²) in [6, 6.07) is 5.34. The number of aryl methyl sites for hydroxylation is 2. The Bertz CT molecular complexity index is 1190. The van der Waals surface area contributed by atoms with Gasteiger partial charge in [0.25, 0.3) is 5.56 Å². The molecule has 0 amide bonds. The number of hydrogen-bond acceptors (Lipinski definition) is 7. The number of aromatic amines is 1. The Hall–Kier alpha value is -3.04. The van der Waals surface area contributed by atoms with Crippen molar-refractivity contribution >= 4 is 16.8 Å². The van der Waals surface area contributed by atoms with Gasteiger partial charge in [0.1, 0.15) is 17.1 Å². The van der Waals surface area contributed by atoms with Gasteiger partial charge in [-0.3, -0.25) is 19.2 Å². The molecule has 1 aromatic carbocycles. The third-order valence-corrected chi connectivity index (χ3v) is 5.78. The smallest absolute Gasteiger partial charge is 0.279 e. The van der Waals surface area contributed by atoms with Crippen LogP contribution in [-0.4, -0.2) is 69.9 Å². The lowest BCUT2D eigenvalue weighted by Crippen LogP contribution is -2.39. The largest absolute Gasteiger partial charge is 0.493 e. The summed E-state index contributed by atoms with van der Waals surface area (Å²) in [5.74, 6) is 0.977. The molecular weight excluding hydrogens is 422 g/mol. The fourth-order valence-electron chi connectivity index (χ4n) is 4.05. The number of carbonyl (C=O) groups is 1. The van der Waals surface area contributed by atoms with E-state index in [1.807, 2.05) is 14.0 Å². The van der Waals surface area contributed by atoms with E-state index in [4.69, 9.17) is 14.5 Å². The number of ether oxygens (including phenoxy) is 2. The fraction of sp³-hybridized carbons (Fsp3) is 0.500. The molecule has 3 aromatic rings. The first-order valence-corrected chi connectivity index (χ1v) is 11.6. The predicted molar refractivity (Wildman–Crippen MR) is 126 cm³/mol. The molecule has 1 aliphatic rings. The number of nitrogens with one attached hydrogen (secondary N) is 1. The van der Waals surface area contributed by atoms with Crippen LogP contribution in [0.15, 0.2) is 23.0 Å². The van der Waals surface area contributed by atoms with Crippen LogP contribution in [-0.2, 0) is 18.2 Å². The highest BCUT2D eigenvalue weighted by atomic mass is 16.5. The van der Waals surface area contributed by atoms with Crippen LogP contribution in [0.2, 0.25) is 0 Å². The minimum absolute atomic E-state index is 0.0108. The number of rotatable bonds is 9. The number of nitrogens with zero attached hydrogens (tertiary/aromatic N) is 4. The second-order valence-corrected chi connectivity index (χ2v) is 8.30. The molecule has 1 N–H and O–H groups in total. The average molecular weight is 454 g/mol. The Morgan fingerprint density at radius 3 is 2.70 bits per heavy atom. The number of H-pyrrole nitrogens is 1. The SMILES string of the molecule is CCCOc1ccc(C(=O)CN2CCOCC2)cc1-c1nc2c(CCC)n(C)nc2c(=O)[nH]1. The third kappa shape index (κ3) is 4.99. The first-order valence-electron chi connectivity index (χ1n) is 11.6. The van der Waals surface area contributed by atoms with E-state index < -0.39 is 0 Å². The summed E-state index contributed by atoms with van der Waals surface area (Å²) in [7, 11) is 1.83. The zero-order valence-corrected chi connectivity index (χ0v) is 19.5. The Balaban J connectivity index is 1.76. The molecule has 176 valence electrons. The van der Waals surface area contributed by atoms with Crippen LogP contribution >= 0.6 is 0 Å². The highest BCUT2D eigenvalue weighted by molar-refractivity contribution is 5.99. The Kier molecular flexibility index (Phi) is 7.20. The zero-order valence-electron chi connectivity index (χ0n) is 19.5. The summed E-state index contributed by atoms with van der Waals surface area (Å²) in [6.45, 7) is 7.70. The molecule has 9 nitrogen and oxygen atoms in total. The summed E-state index contributed by atoms with van der Waals surface area (Å²) >= 11 is 0. The number of morpholine rings is 1. The predicted octanol–water partition coefficient (Wildman–Crippen LogP) is 2.58. The molecule has 3 heterocycles. The summed E-state index contributed by atoms with van der Waals surface area (Å²) in [5.41, 5.74) is 2.67. The molecule has 9 heteroatoms. The van der Waals surface area contributed by atoms with Crippen LogP contribution in [0.3, 0.4) is 0 Å². The normalized spacial score (nSPS) is 14.6.